The topological polar surface area (TPSA) is 43.4 Å². The molecule has 0 amide bonds. The summed E-state index contributed by atoms with van der Waals surface area (Å²) in [5, 5.41) is 0. The van der Waals surface area contributed by atoms with Crippen LogP contribution in [0.2, 0.25) is 0 Å². The van der Waals surface area contributed by atoms with Crippen LogP contribution in [-0.2, 0) is 9.84 Å². The van der Waals surface area contributed by atoms with Gasteiger partial charge in [0, 0.05) is 0 Å². The average Bonchev–Trinajstić information content (AvgIpc) is 2.48. The summed E-state index contributed by atoms with van der Waals surface area (Å²) in [6.07, 6.45) is 3.44. The van der Waals surface area contributed by atoms with Crippen molar-refractivity contribution in [2.45, 2.75) is 11.8 Å². The largest absolute Gasteiger partial charge is 0.497 e. The van der Waals surface area contributed by atoms with Crippen molar-refractivity contribution in [2.24, 2.45) is 0 Å². The molecule has 0 spiro atoms. The molecule has 0 heterocycles. The molecule has 0 fully saturated rings. The molecule has 0 saturated heterocycles. The van der Waals surface area contributed by atoms with Crippen molar-refractivity contribution in [3.8, 4) is 5.75 Å². The molecule has 0 aliphatic heterocycles. The molecule has 3 nitrogen and oxygen atoms in total. The minimum Gasteiger partial charge on any atom is -0.497 e. The minimum absolute atomic E-state index is 0.0206. The first kappa shape index (κ1) is 15.3. The summed E-state index contributed by atoms with van der Waals surface area (Å²) >= 11 is 0. The van der Waals surface area contributed by atoms with Gasteiger partial charge in [0.25, 0.3) is 0 Å². The lowest BCUT2D eigenvalue weighted by Gasteiger charge is -2.02. The Morgan fingerprint density at radius 3 is 2.48 bits per heavy atom. The Kier molecular flexibility index (Phi) is 4.81. The van der Waals surface area contributed by atoms with Crippen LogP contribution in [0, 0.1) is 6.92 Å². The van der Waals surface area contributed by atoms with Crippen molar-refractivity contribution in [1.29, 1.82) is 0 Å². The number of ether oxygens (including phenoxy) is 1. The molecular weight excluding hydrogens is 284 g/mol. The van der Waals surface area contributed by atoms with Crippen molar-refractivity contribution in [3.63, 3.8) is 0 Å². The van der Waals surface area contributed by atoms with E-state index in [-0.39, 0.29) is 5.75 Å². The van der Waals surface area contributed by atoms with Gasteiger partial charge < -0.3 is 4.74 Å². The average molecular weight is 302 g/mol. The zero-order chi connectivity index (χ0) is 15.3. The Labute approximate surface area is 125 Å². The second kappa shape index (κ2) is 6.59. The molecule has 0 aliphatic carbocycles. The molecule has 110 valence electrons. The molecule has 21 heavy (non-hydrogen) atoms. The SMILES string of the molecule is COc1cccc(C=CCS(=O)(=O)c2ccc(C)cc2)c1. The van der Waals surface area contributed by atoms with Gasteiger partial charge in [-0.2, -0.15) is 0 Å². The summed E-state index contributed by atoms with van der Waals surface area (Å²) in [6, 6.07) is 14.4. The van der Waals surface area contributed by atoms with Gasteiger partial charge in [-0.1, -0.05) is 42.0 Å². The number of methoxy groups -OCH3 is 1. The fourth-order valence-electron chi connectivity index (χ4n) is 1.90. The van der Waals surface area contributed by atoms with Gasteiger partial charge in [0.05, 0.1) is 17.8 Å². The summed E-state index contributed by atoms with van der Waals surface area (Å²) in [4.78, 5) is 0.350. The van der Waals surface area contributed by atoms with Crippen molar-refractivity contribution in [2.75, 3.05) is 12.9 Å². The Bertz CT molecular complexity index is 729. The fourth-order valence-corrected chi connectivity index (χ4v) is 2.99. The Hall–Kier alpha value is -2.07. The van der Waals surface area contributed by atoms with Crippen LogP contribution in [0.1, 0.15) is 11.1 Å². The third-order valence-corrected chi connectivity index (χ3v) is 4.72. The number of hydrogen-bond acceptors (Lipinski definition) is 3. The molecule has 4 heteroatoms. The van der Waals surface area contributed by atoms with Crippen LogP contribution >= 0.6 is 0 Å². The van der Waals surface area contributed by atoms with Crippen LogP contribution in [0.25, 0.3) is 6.08 Å². The highest BCUT2D eigenvalue weighted by molar-refractivity contribution is 7.91. The van der Waals surface area contributed by atoms with E-state index >= 15 is 0 Å². The number of hydrogen-bond donors (Lipinski definition) is 0. The van der Waals surface area contributed by atoms with Gasteiger partial charge in [0.2, 0.25) is 0 Å². The van der Waals surface area contributed by atoms with E-state index < -0.39 is 9.84 Å². The molecular formula is C17H18O3S. The molecule has 0 atom stereocenters. The third kappa shape index (κ3) is 4.20. The van der Waals surface area contributed by atoms with Crippen molar-refractivity contribution >= 4 is 15.9 Å². The Morgan fingerprint density at radius 1 is 1.10 bits per heavy atom. The zero-order valence-electron chi connectivity index (χ0n) is 12.1. The quantitative estimate of drug-likeness (QED) is 0.849. The van der Waals surface area contributed by atoms with Crippen molar-refractivity contribution in [1.82, 2.24) is 0 Å². The normalized spacial score (nSPS) is 11.7. The van der Waals surface area contributed by atoms with Gasteiger partial charge in [-0.15, -0.1) is 0 Å². The van der Waals surface area contributed by atoms with E-state index in [1.807, 2.05) is 31.2 Å². The van der Waals surface area contributed by atoms with Gasteiger partial charge in [-0.3, -0.25) is 0 Å². The maximum atomic E-state index is 12.2. The predicted octanol–water partition coefficient (Wildman–Crippen LogP) is 3.49. The Balaban J connectivity index is 2.10. The fraction of sp³-hybridized carbons (Fsp3) is 0.176. The summed E-state index contributed by atoms with van der Waals surface area (Å²) in [5.74, 6) is 0.728. The third-order valence-electron chi connectivity index (χ3n) is 3.10. The highest BCUT2D eigenvalue weighted by atomic mass is 32.2. The minimum atomic E-state index is -3.28. The van der Waals surface area contributed by atoms with Crippen LogP contribution < -0.4 is 4.74 Å². The van der Waals surface area contributed by atoms with Gasteiger partial charge in [0.15, 0.2) is 9.84 Å². The first-order valence-corrected chi connectivity index (χ1v) is 8.26. The van der Waals surface area contributed by atoms with Gasteiger partial charge in [0.1, 0.15) is 5.75 Å². The van der Waals surface area contributed by atoms with Crippen LogP contribution in [0.4, 0.5) is 0 Å². The zero-order valence-corrected chi connectivity index (χ0v) is 12.9. The summed E-state index contributed by atoms with van der Waals surface area (Å²) in [6.45, 7) is 1.93. The monoisotopic (exact) mass is 302 g/mol. The number of sulfone groups is 1. The molecule has 0 aliphatic rings. The molecule has 0 N–H and O–H groups in total. The number of rotatable bonds is 5. The lowest BCUT2D eigenvalue weighted by atomic mass is 10.2. The van der Waals surface area contributed by atoms with E-state index in [2.05, 4.69) is 0 Å². The standard InChI is InChI=1S/C17H18O3S/c1-14-8-10-17(11-9-14)21(18,19)12-4-6-15-5-3-7-16(13-15)20-2/h3-11,13H,12H2,1-2H3. The van der Waals surface area contributed by atoms with Crippen molar-refractivity contribution in [3.05, 3.63) is 65.7 Å². The molecule has 0 bridgehead atoms. The van der Waals surface area contributed by atoms with E-state index in [0.29, 0.717) is 4.90 Å². The van der Waals surface area contributed by atoms with Gasteiger partial charge >= 0.3 is 0 Å². The summed E-state index contributed by atoms with van der Waals surface area (Å²) < 4.78 is 29.5. The van der Waals surface area contributed by atoms with E-state index in [0.717, 1.165) is 16.9 Å². The summed E-state index contributed by atoms with van der Waals surface area (Å²) in [5.41, 5.74) is 1.95. The lowest BCUT2D eigenvalue weighted by molar-refractivity contribution is 0.414. The molecule has 0 aromatic heterocycles. The second-order valence-electron chi connectivity index (χ2n) is 4.77. The molecule has 0 radical (unpaired) electrons. The first-order chi connectivity index (χ1) is 10.0. The predicted molar refractivity (Wildman–Crippen MR) is 85.3 cm³/mol. The first-order valence-electron chi connectivity index (χ1n) is 6.61. The van der Waals surface area contributed by atoms with Crippen molar-refractivity contribution < 1.29 is 13.2 Å². The van der Waals surface area contributed by atoms with E-state index in [4.69, 9.17) is 4.74 Å². The maximum absolute atomic E-state index is 12.2. The smallest absolute Gasteiger partial charge is 0.181 e. The van der Waals surface area contributed by atoms with Gasteiger partial charge in [-0.05, 0) is 36.8 Å². The highest BCUT2D eigenvalue weighted by Gasteiger charge is 2.11. The lowest BCUT2D eigenvalue weighted by Crippen LogP contribution is -2.04. The molecule has 0 saturated carbocycles. The van der Waals surface area contributed by atoms with Crippen LogP contribution in [0.15, 0.2) is 59.5 Å². The molecule has 2 rings (SSSR count). The number of benzene rings is 2. The van der Waals surface area contributed by atoms with Gasteiger partial charge in [-0.25, -0.2) is 8.42 Å². The molecule has 2 aromatic carbocycles. The molecule has 2 aromatic rings. The van der Waals surface area contributed by atoms with E-state index in [9.17, 15) is 8.42 Å². The van der Waals surface area contributed by atoms with Crippen LogP contribution in [0.3, 0.4) is 0 Å². The highest BCUT2D eigenvalue weighted by Crippen LogP contribution is 2.15. The van der Waals surface area contributed by atoms with Crippen LogP contribution in [-0.4, -0.2) is 21.3 Å². The molecule has 0 unspecified atom stereocenters. The van der Waals surface area contributed by atoms with E-state index in [1.165, 1.54) is 0 Å². The second-order valence-corrected chi connectivity index (χ2v) is 6.81. The Morgan fingerprint density at radius 2 is 1.81 bits per heavy atom. The van der Waals surface area contributed by atoms with E-state index in [1.54, 1.807) is 43.5 Å². The maximum Gasteiger partial charge on any atom is 0.181 e. The van der Waals surface area contributed by atoms with Crippen LogP contribution in [0.5, 0.6) is 5.75 Å². The summed E-state index contributed by atoms with van der Waals surface area (Å²) in [7, 11) is -1.68. The number of aryl methyl sites for hydroxylation is 1.